The molecule has 1 fully saturated rings. The molecule has 2 amide bonds. The first-order chi connectivity index (χ1) is 16.3. The number of benzene rings is 1. The van der Waals surface area contributed by atoms with Crippen LogP contribution in [0.3, 0.4) is 0 Å². The maximum atomic E-state index is 13.3. The zero-order valence-corrected chi connectivity index (χ0v) is 19.4. The molecule has 0 radical (unpaired) electrons. The number of unbranched alkanes of at least 4 members (excludes halogenated alkanes) is 1. The number of amides is 2. The van der Waals surface area contributed by atoms with Crippen LogP contribution in [0.5, 0.6) is 0 Å². The zero-order chi connectivity index (χ0) is 26.0. The number of rotatable bonds is 9. The van der Waals surface area contributed by atoms with E-state index in [0.29, 0.717) is 37.9 Å². The zero-order valence-electron chi connectivity index (χ0n) is 19.4. The van der Waals surface area contributed by atoms with Gasteiger partial charge in [0.05, 0.1) is 17.7 Å². The third-order valence-corrected chi connectivity index (χ3v) is 5.93. The predicted molar refractivity (Wildman–Crippen MR) is 116 cm³/mol. The standard InChI is InChI=1S/C24H27F6N3O2/c1-3-4-10-32(14-20-6-5-9-31(20)2)21(34)15-33(19-7-8-19)22(35)16-11-17(23(25,26)27)13-18(12-16)24(28,29)30/h5-6,9,11-13,19H,3-4,7-8,10,14-15H2,1-2H3. The number of hydrogen-bond acceptors (Lipinski definition) is 2. The number of carbonyl (C=O) groups excluding carboxylic acids is 2. The number of aromatic nitrogens is 1. The molecule has 1 heterocycles. The molecule has 3 rings (SSSR count). The van der Waals surface area contributed by atoms with Crippen molar-refractivity contribution in [2.24, 2.45) is 7.05 Å². The summed E-state index contributed by atoms with van der Waals surface area (Å²) in [5.74, 6) is -1.44. The molecule has 1 aromatic heterocycles. The highest BCUT2D eigenvalue weighted by atomic mass is 19.4. The van der Waals surface area contributed by atoms with Crippen molar-refractivity contribution in [2.45, 2.75) is 57.5 Å². The van der Waals surface area contributed by atoms with E-state index in [2.05, 4.69) is 0 Å². The molecule has 2 aromatic rings. The number of alkyl halides is 6. The minimum absolute atomic E-state index is 0.0181. The Morgan fingerprint density at radius 1 is 1.03 bits per heavy atom. The molecule has 0 N–H and O–H groups in total. The van der Waals surface area contributed by atoms with Gasteiger partial charge < -0.3 is 14.4 Å². The molecule has 1 aromatic carbocycles. The smallest absolute Gasteiger partial charge is 0.353 e. The molecule has 5 nitrogen and oxygen atoms in total. The van der Waals surface area contributed by atoms with E-state index >= 15 is 0 Å². The first-order valence-corrected chi connectivity index (χ1v) is 11.3. The van der Waals surface area contributed by atoms with Crippen LogP contribution in [0.25, 0.3) is 0 Å². The second-order valence-electron chi connectivity index (χ2n) is 8.74. The van der Waals surface area contributed by atoms with Gasteiger partial charge in [0, 0.05) is 37.1 Å². The summed E-state index contributed by atoms with van der Waals surface area (Å²) in [5.41, 5.74) is -3.02. The van der Waals surface area contributed by atoms with Crippen LogP contribution in [0, 0.1) is 0 Å². The fourth-order valence-corrected chi connectivity index (χ4v) is 3.74. The highest BCUT2D eigenvalue weighted by Crippen LogP contribution is 2.37. The van der Waals surface area contributed by atoms with Crippen molar-refractivity contribution in [3.63, 3.8) is 0 Å². The van der Waals surface area contributed by atoms with E-state index in [4.69, 9.17) is 0 Å². The van der Waals surface area contributed by atoms with E-state index in [1.807, 2.05) is 36.9 Å². The summed E-state index contributed by atoms with van der Waals surface area (Å²) in [6.07, 6.45) is -5.74. The van der Waals surface area contributed by atoms with Crippen LogP contribution in [0.1, 0.15) is 59.8 Å². The summed E-state index contributed by atoms with van der Waals surface area (Å²) in [6.45, 7) is 2.22. The monoisotopic (exact) mass is 503 g/mol. The lowest BCUT2D eigenvalue weighted by atomic mass is 10.0. The molecular formula is C24H27F6N3O2. The van der Waals surface area contributed by atoms with E-state index in [-0.39, 0.29) is 12.6 Å². The lowest BCUT2D eigenvalue weighted by molar-refractivity contribution is -0.143. The number of aryl methyl sites for hydroxylation is 1. The third kappa shape index (κ3) is 6.79. The van der Waals surface area contributed by atoms with Crippen molar-refractivity contribution in [2.75, 3.05) is 13.1 Å². The van der Waals surface area contributed by atoms with Crippen LogP contribution in [-0.4, -0.2) is 45.3 Å². The van der Waals surface area contributed by atoms with Gasteiger partial charge in [-0.15, -0.1) is 0 Å². The molecule has 192 valence electrons. The van der Waals surface area contributed by atoms with Gasteiger partial charge in [-0.25, -0.2) is 0 Å². The quantitative estimate of drug-likeness (QED) is 0.425. The molecular weight excluding hydrogens is 476 g/mol. The second kappa shape index (κ2) is 10.3. The van der Waals surface area contributed by atoms with E-state index < -0.39 is 53.4 Å². The van der Waals surface area contributed by atoms with Gasteiger partial charge in [-0.1, -0.05) is 13.3 Å². The highest BCUT2D eigenvalue weighted by Gasteiger charge is 2.40. The van der Waals surface area contributed by atoms with Crippen molar-refractivity contribution < 1.29 is 35.9 Å². The Morgan fingerprint density at radius 2 is 1.63 bits per heavy atom. The average molecular weight is 503 g/mol. The van der Waals surface area contributed by atoms with Crippen LogP contribution in [0.4, 0.5) is 26.3 Å². The Hall–Kier alpha value is -2.98. The van der Waals surface area contributed by atoms with Crippen LogP contribution >= 0.6 is 0 Å². The Kier molecular flexibility index (Phi) is 7.86. The van der Waals surface area contributed by atoms with Gasteiger partial charge in [-0.05, 0) is 49.6 Å². The molecule has 0 unspecified atom stereocenters. The average Bonchev–Trinajstić information content (AvgIpc) is 3.54. The summed E-state index contributed by atoms with van der Waals surface area (Å²) < 4.78 is 81.4. The highest BCUT2D eigenvalue weighted by molar-refractivity contribution is 5.97. The molecule has 0 atom stereocenters. The minimum Gasteiger partial charge on any atom is -0.353 e. The second-order valence-corrected chi connectivity index (χ2v) is 8.74. The lowest BCUT2D eigenvalue weighted by Gasteiger charge is -2.28. The van der Waals surface area contributed by atoms with Crippen LogP contribution < -0.4 is 0 Å². The summed E-state index contributed by atoms with van der Waals surface area (Å²) >= 11 is 0. The molecule has 1 aliphatic rings. The van der Waals surface area contributed by atoms with E-state index in [1.165, 1.54) is 0 Å². The van der Waals surface area contributed by atoms with Gasteiger partial charge in [-0.3, -0.25) is 9.59 Å². The number of hydrogen-bond donors (Lipinski definition) is 0. The molecule has 0 saturated heterocycles. The Balaban J connectivity index is 1.88. The normalized spacial score (nSPS) is 14.2. The van der Waals surface area contributed by atoms with Gasteiger partial charge in [0.15, 0.2) is 0 Å². The van der Waals surface area contributed by atoms with E-state index in [0.717, 1.165) is 17.0 Å². The largest absolute Gasteiger partial charge is 0.416 e. The summed E-state index contributed by atoms with van der Waals surface area (Å²) in [4.78, 5) is 29.0. The van der Waals surface area contributed by atoms with Crippen LogP contribution in [-0.2, 0) is 30.7 Å². The number of nitrogens with zero attached hydrogens (tertiary/aromatic N) is 3. The number of carbonyl (C=O) groups is 2. The molecule has 1 aliphatic carbocycles. The topological polar surface area (TPSA) is 45.6 Å². The van der Waals surface area contributed by atoms with Gasteiger partial charge in [0.1, 0.15) is 6.54 Å². The molecule has 11 heteroatoms. The summed E-state index contributed by atoms with van der Waals surface area (Å²) in [6, 6.07) is 4.07. The third-order valence-electron chi connectivity index (χ3n) is 5.93. The first-order valence-electron chi connectivity index (χ1n) is 11.3. The van der Waals surface area contributed by atoms with Gasteiger partial charge in [-0.2, -0.15) is 26.3 Å². The molecule has 0 bridgehead atoms. The van der Waals surface area contributed by atoms with Crippen molar-refractivity contribution in [3.05, 3.63) is 58.9 Å². The van der Waals surface area contributed by atoms with Gasteiger partial charge in [0.2, 0.25) is 5.91 Å². The van der Waals surface area contributed by atoms with Crippen LogP contribution in [0.15, 0.2) is 36.5 Å². The van der Waals surface area contributed by atoms with Gasteiger partial charge in [0.25, 0.3) is 5.91 Å². The summed E-state index contributed by atoms with van der Waals surface area (Å²) in [5, 5.41) is 0. The number of halogens is 6. The Morgan fingerprint density at radius 3 is 2.09 bits per heavy atom. The van der Waals surface area contributed by atoms with Crippen LogP contribution in [0.2, 0.25) is 0 Å². The first kappa shape index (κ1) is 26.6. The Bertz CT molecular complexity index is 1020. The lowest BCUT2D eigenvalue weighted by Crippen LogP contribution is -2.44. The maximum Gasteiger partial charge on any atom is 0.416 e. The molecule has 1 saturated carbocycles. The maximum absolute atomic E-state index is 13.3. The fourth-order valence-electron chi connectivity index (χ4n) is 3.74. The molecule has 0 spiro atoms. The Labute approximate surface area is 199 Å². The van der Waals surface area contributed by atoms with E-state index in [1.54, 1.807) is 4.90 Å². The summed E-state index contributed by atoms with van der Waals surface area (Å²) in [7, 11) is 1.82. The fraction of sp³-hybridized carbons (Fsp3) is 0.500. The van der Waals surface area contributed by atoms with Crippen molar-refractivity contribution >= 4 is 11.8 Å². The van der Waals surface area contributed by atoms with Gasteiger partial charge >= 0.3 is 12.4 Å². The van der Waals surface area contributed by atoms with Crippen molar-refractivity contribution in [1.82, 2.24) is 14.4 Å². The van der Waals surface area contributed by atoms with E-state index in [9.17, 15) is 35.9 Å². The van der Waals surface area contributed by atoms with Crippen molar-refractivity contribution in [1.29, 1.82) is 0 Å². The molecule has 35 heavy (non-hydrogen) atoms. The molecule has 0 aliphatic heterocycles. The SMILES string of the molecule is CCCCN(Cc1cccn1C)C(=O)CN(C(=O)c1cc(C(F)(F)F)cc(C(F)(F)F)c1)C1CC1. The van der Waals surface area contributed by atoms with Crippen molar-refractivity contribution in [3.8, 4) is 0 Å². The predicted octanol–water partition coefficient (Wildman–Crippen LogP) is 5.50. The minimum atomic E-state index is -5.07.